The molecule has 176 valence electrons. The molecular weight excluding hydrogens is 410 g/mol. The van der Waals surface area contributed by atoms with Gasteiger partial charge in [-0.15, -0.1) is 0 Å². The van der Waals surface area contributed by atoms with Crippen molar-refractivity contribution in [3.05, 3.63) is 71.6 Å². The number of carbonyl (C=O) groups is 1. The molecule has 3 aromatic rings. The van der Waals surface area contributed by atoms with E-state index in [0.717, 1.165) is 17.5 Å². The van der Waals surface area contributed by atoms with Crippen molar-refractivity contribution in [3.63, 3.8) is 0 Å². The van der Waals surface area contributed by atoms with Crippen molar-refractivity contribution in [2.24, 2.45) is 0 Å². The number of carbonyl (C=O) groups excluding carboxylic acids is 1. The van der Waals surface area contributed by atoms with Crippen molar-refractivity contribution in [2.45, 2.75) is 84.1 Å². The van der Waals surface area contributed by atoms with Gasteiger partial charge in [0.2, 0.25) is 17.6 Å². The van der Waals surface area contributed by atoms with Crippen LogP contribution in [0.15, 0.2) is 59.1 Å². The summed E-state index contributed by atoms with van der Waals surface area (Å²) < 4.78 is 5.31. The first-order valence-corrected chi connectivity index (χ1v) is 12.5. The summed E-state index contributed by atoms with van der Waals surface area (Å²) in [6.07, 6.45) is 13.0. The average molecular weight is 448 g/mol. The first kappa shape index (κ1) is 24.7. The molecule has 33 heavy (non-hydrogen) atoms. The van der Waals surface area contributed by atoms with Gasteiger partial charge in [-0.05, 0) is 30.4 Å². The van der Waals surface area contributed by atoms with Crippen LogP contribution in [0.4, 0.5) is 0 Å². The van der Waals surface area contributed by atoms with E-state index in [2.05, 4.69) is 34.5 Å². The zero-order valence-electron chi connectivity index (χ0n) is 19.9. The van der Waals surface area contributed by atoms with Crippen LogP contribution in [0.3, 0.4) is 0 Å². The standard InChI is InChI=1S/C28H37N3O2/c1-2-3-4-5-6-7-8-10-15-24-16-19-25(20-17-24)28-30-27(33-31-28)22-29-26(32)21-18-23-13-11-9-12-14-23/h9,11-14,16-17,19-20H,2-8,10,15,18,21-22H2,1H3,(H,29,32). The highest BCUT2D eigenvalue weighted by molar-refractivity contribution is 5.76. The van der Waals surface area contributed by atoms with E-state index in [4.69, 9.17) is 4.52 Å². The van der Waals surface area contributed by atoms with Gasteiger partial charge in [0.15, 0.2) is 0 Å². The summed E-state index contributed by atoms with van der Waals surface area (Å²) in [6.45, 7) is 2.51. The number of hydrogen-bond acceptors (Lipinski definition) is 4. The number of unbranched alkanes of at least 4 members (excludes halogenated alkanes) is 7. The first-order valence-electron chi connectivity index (χ1n) is 12.5. The SMILES string of the molecule is CCCCCCCCCCc1ccc(-c2noc(CNC(=O)CCc3ccccc3)n2)cc1. The summed E-state index contributed by atoms with van der Waals surface area (Å²) in [6, 6.07) is 18.4. The quantitative estimate of drug-likeness (QED) is 0.264. The molecule has 0 atom stereocenters. The molecule has 1 amide bonds. The maximum absolute atomic E-state index is 12.1. The largest absolute Gasteiger partial charge is 0.347 e. The number of aromatic nitrogens is 2. The zero-order valence-corrected chi connectivity index (χ0v) is 19.9. The third kappa shape index (κ3) is 9.21. The molecule has 0 aliphatic carbocycles. The molecule has 3 rings (SSSR count). The van der Waals surface area contributed by atoms with Crippen LogP contribution in [0.1, 0.15) is 81.7 Å². The summed E-state index contributed by atoms with van der Waals surface area (Å²) in [7, 11) is 0. The van der Waals surface area contributed by atoms with E-state index in [9.17, 15) is 4.79 Å². The zero-order chi connectivity index (χ0) is 23.1. The lowest BCUT2D eigenvalue weighted by Crippen LogP contribution is -2.23. The van der Waals surface area contributed by atoms with Gasteiger partial charge in [0.05, 0.1) is 6.54 Å². The molecule has 2 aromatic carbocycles. The number of rotatable bonds is 15. The van der Waals surface area contributed by atoms with Crippen LogP contribution < -0.4 is 5.32 Å². The highest BCUT2D eigenvalue weighted by Gasteiger charge is 2.10. The van der Waals surface area contributed by atoms with Crippen molar-refractivity contribution in [2.75, 3.05) is 0 Å². The fourth-order valence-electron chi connectivity index (χ4n) is 3.89. The fourth-order valence-corrected chi connectivity index (χ4v) is 3.89. The Morgan fingerprint density at radius 3 is 2.21 bits per heavy atom. The molecule has 0 aliphatic heterocycles. The smallest absolute Gasteiger partial charge is 0.246 e. The van der Waals surface area contributed by atoms with Crippen LogP contribution in [0.5, 0.6) is 0 Å². The van der Waals surface area contributed by atoms with E-state index in [-0.39, 0.29) is 12.5 Å². The van der Waals surface area contributed by atoms with Crippen LogP contribution in [0.25, 0.3) is 11.4 Å². The Morgan fingerprint density at radius 1 is 0.818 bits per heavy atom. The van der Waals surface area contributed by atoms with Crippen LogP contribution in [0.2, 0.25) is 0 Å². The van der Waals surface area contributed by atoms with Gasteiger partial charge in [0.1, 0.15) is 0 Å². The van der Waals surface area contributed by atoms with E-state index < -0.39 is 0 Å². The summed E-state index contributed by atoms with van der Waals surface area (Å²) >= 11 is 0. The van der Waals surface area contributed by atoms with Gasteiger partial charge in [0, 0.05) is 12.0 Å². The molecule has 0 radical (unpaired) electrons. The van der Waals surface area contributed by atoms with Crippen LogP contribution in [-0.4, -0.2) is 16.0 Å². The molecule has 5 heteroatoms. The molecule has 0 aliphatic rings. The first-order chi connectivity index (χ1) is 16.2. The summed E-state index contributed by atoms with van der Waals surface area (Å²) in [5, 5.41) is 6.92. The van der Waals surface area contributed by atoms with Gasteiger partial charge < -0.3 is 9.84 Å². The van der Waals surface area contributed by atoms with Gasteiger partial charge >= 0.3 is 0 Å². The maximum Gasteiger partial charge on any atom is 0.246 e. The lowest BCUT2D eigenvalue weighted by atomic mass is 10.0. The molecule has 0 unspecified atom stereocenters. The van der Waals surface area contributed by atoms with E-state index in [0.29, 0.717) is 24.6 Å². The summed E-state index contributed by atoms with van der Waals surface area (Å²) in [5.74, 6) is 0.951. The van der Waals surface area contributed by atoms with Crippen molar-refractivity contribution in [3.8, 4) is 11.4 Å². The number of nitrogens with zero attached hydrogens (tertiary/aromatic N) is 2. The highest BCUT2D eigenvalue weighted by Crippen LogP contribution is 2.18. The van der Waals surface area contributed by atoms with E-state index >= 15 is 0 Å². The molecule has 1 N–H and O–H groups in total. The summed E-state index contributed by atoms with van der Waals surface area (Å²) in [4.78, 5) is 16.5. The fraction of sp³-hybridized carbons (Fsp3) is 0.464. The molecule has 0 saturated heterocycles. The van der Waals surface area contributed by atoms with Gasteiger partial charge in [-0.25, -0.2) is 0 Å². The highest BCUT2D eigenvalue weighted by atomic mass is 16.5. The Labute approximate surface area is 198 Å². The van der Waals surface area contributed by atoms with E-state index in [1.807, 2.05) is 42.5 Å². The second kappa shape index (κ2) is 14.2. The van der Waals surface area contributed by atoms with Gasteiger partial charge in [-0.3, -0.25) is 4.79 Å². The second-order valence-corrected chi connectivity index (χ2v) is 8.70. The number of nitrogens with one attached hydrogen (secondary N) is 1. The minimum absolute atomic E-state index is 0.0242. The van der Waals surface area contributed by atoms with Crippen LogP contribution in [-0.2, 0) is 24.2 Å². The molecule has 0 saturated carbocycles. The number of benzene rings is 2. The molecule has 1 heterocycles. The van der Waals surface area contributed by atoms with Crippen molar-refractivity contribution in [1.82, 2.24) is 15.5 Å². The van der Waals surface area contributed by atoms with Crippen molar-refractivity contribution in [1.29, 1.82) is 0 Å². The normalized spacial score (nSPS) is 10.9. The lowest BCUT2D eigenvalue weighted by Gasteiger charge is -2.03. The minimum Gasteiger partial charge on any atom is -0.347 e. The Balaban J connectivity index is 1.35. The average Bonchev–Trinajstić information content (AvgIpc) is 3.33. The number of hydrogen-bond donors (Lipinski definition) is 1. The van der Waals surface area contributed by atoms with Gasteiger partial charge in [-0.2, -0.15) is 4.98 Å². The van der Waals surface area contributed by atoms with Crippen molar-refractivity contribution >= 4 is 5.91 Å². The molecule has 0 spiro atoms. The Bertz CT molecular complexity index is 935. The summed E-state index contributed by atoms with van der Waals surface area (Å²) in [5.41, 5.74) is 3.43. The van der Waals surface area contributed by atoms with E-state index in [1.165, 1.54) is 56.9 Å². The Morgan fingerprint density at radius 2 is 1.48 bits per heavy atom. The van der Waals surface area contributed by atoms with E-state index in [1.54, 1.807) is 0 Å². The predicted octanol–water partition coefficient (Wildman–Crippen LogP) is 6.67. The molecule has 1 aromatic heterocycles. The molecule has 5 nitrogen and oxygen atoms in total. The topological polar surface area (TPSA) is 68.0 Å². The van der Waals surface area contributed by atoms with Crippen molar-refractivity contribution < 1.29 is 9.32 Å². The number of amides is 1. The Hall–Kier alpha value is -2.95. The Kier molecular flexibility index (Phi) is 10.7. The third-order valence-electron chi connectivity index (χ3n) is 5.92. The molecule has 0 bridgehead atoms. The molecular formula is C28H37N3O2. The number of aryl methyl sites for hydroxylation is 2. The third-order valence-corrected chi connectivity index (χ3v) is 5.92. The van der Waals surface area contributed by atoms with Gasteiger partial charge in [-0.1, -0.05) is 112 Å². The van der Waals surface area contributed by atoms with Crippen LogP contribution in [0, 0.1) is 0 Å². The second-order valence-electron chi connectivity index (χ2n) is 8.70. The van der Waals surface area contributed by atoms with Gasteiger partial charge in [0.25, 0.3) is 0 Å². The molecule has 0 fully saturated rings. The predicted molar refractivity (Wildman–Crippen MR) is 133 cm³/mol. The van der Waals surface area contributed by atoms with Crippen LogP contribution >= 0.6 is 0 Å². The maximum atomic E-state index is 12.1. The minimum atomic E-state index is -0.0242. The monoisotopic (exact) mass is 447 g/mol. The lowest BCUT2D eigenvalue weighted by molar-refractivity contribution is -0.121.